The monoisotopic (exact) mass is 316 g/mol. The predicted molar refractivity (Wildman–Crippen MR) is 71.2 cm³/mol. The second kappa shape index (κ2) is 5.35. The summed E-state index contributed by atoms with van der Waals surface area (Å²) in [5.74, 6) is -0.743. The third-order valence-corrected chi connectivity index (χ3v) is 5.89. The Labute approximate surface area is 119 Å². The van der Waals surface area contributed by atoms with Crippen molar-refractivity contribution in [1.82, 2.24) is 9.29 Å². The van der Waals surface area contributed by atoms with Crippen molar-refractivity contribution >= 4 is 27.3 Å². The van der Waals surface area contributed by atoms with Gasteiger partial charge in [0.15, 0.2) is 9.90 Å². The number of aryl methyl sites for hydroxylation is 1. The van der Waals surface area contributed by atoms with E-state index in [4.69, 9.17) is 9.52 Å². The van der Waals surface area contributed by atoms with E-state index in [1.807, 2.05) is 0 Å². The van der Waals surface area contributed by atoms with E-state index in [-0.39, 0.29) is 10.8 Å². The SMILES string of the molecule is Cc1occc1CN(C)S(=O)(=O)c1scnc1C(=O)O. The number of carboxylic acid groups (broad SMARTS) is 1. The van der Waals surface area contributed by atoms with Crippen LogP contribution in [0.2, 0.25) is 0 Å². The third kappa shape index (κ3) is 2.60. The maximum Gasteiger partial charge on any atom is 0.356 e. The lowest BCUT2D eigenvalue weighted by Gasteiger charge is -2.15. The molecule has 0 amide bonds. The highest BCUT2D eigenvalue weighted by molar-refractivity contribution is 7.91. The first-order valence-corrected chi connectivity index (χ1v) is 7.82. The van der Waals surface area contributed by atoms with E-state index in [0.717, 1.165) is 21.2 Å². The van der Waals surface area contributed by atoms with Crippen molar-refractivity contribution in [3.05, 3.63) is 34.9 Å². The number of sulfonamides is 1. The van der Waals surface area contributed by atoms with Crippen LogP contribution in [-0.2, 0) is 16.6 Å². The largest absolute Gasteiger partial charge is 0.476 e. The Morgan fingerprint density at radius 1 is 1.55 bits per heavy atom. The summed E-state index contributed by atoms with van der Waals surface area (Å²) in [5.41, 5.74) is 1.47. The molecule has 0 radical (unpaired) electrons. The molecule has 2 rings (SSSR count). The van der Waals surface area contributed by atoms with Gasteiger partial charge in [-0.1, -0.05) is 0 Å². The van der Waals surface area contributed by atoms with Gasteiger partial charge in [0.05, 0.1) is 11.8 Å². The molecular weight excluding hydrogens is 304 g/mol. The quantitative estimate of drug-likeness (QED) is 0.898. The molecule has 0 atom stereocenters. The van der Waals surface area contributed by atoms with Gasteiger partial charge in [-0.05, 0) is 13.0 Å². The molecule has 0 saturated carbocycles. The minimum absolute atomic E-state index is 0.0988. The van der Waals surface area contributed by atoms with Crippen LogP contribution in [0.3, 0.4) is 0 Å². The van der Waals surface area contributed by atoms with Gasteiger partial charge in [-0.3, -0.25) is 0 Å². The summed E-state index contributed by atoms with van der Waals surface area (Å²) in [5, 5.41) is 8.95. The van der Waals surface area contributed by atoms with Crippen LogP contribution >= 0.6 is 11.3 Å². The lowest BCUT2D eigenvalue weighted by atomic mass is 10.3. The molecule has 1 N–H and O–H groups in total. The predicted octanol–water partition coefficient (Wildman–Crippen LogP) is 1.56. The maximum absolute atomic E-state index is 12.4. The van der Waals surface area contributed by atoms with Crippen LogP contribution in [0.4, 0.5) is 0 Å². The molecule has 108 valence electrons. The maximum atomic E-state index is 12.4. The molecule has 0 spiro atoms. The van der Waals surface area contributed by atoms with Crippen molar-refractivity contribution in [3.63, 3.8) is 0 Å². The Bertz CT molecular complexity index is 732. The van der Waals surface area contributed by atoms with Gasteiger partial charge >= 0.3 is 5.97 Å². The van der Waals surface area contributed by atoms with Crippen molar-refractivity contribution in [2.24, 2.45) is 0 Å². The summed E-state index contributed by atoms with van der Waals surface area (Å²) in [4.78, 5) is 14.5. The minimum atomic E-state index is -3.90. The molecular formula is C11H12N2O5S2. The summed E-state index contributed by atoms with van der Waals surface area (Å²) in [6, 6.07) is 1.67. The Kier molecular flexibility index (Phi) is 3.93. The van der Waals surface area contributed by atoms with Crippen LogP contribution in [0, 0.1) is 6.92 Å². The van der Waals surface area contributed by atoms with E-state index in [1.165, 1.54) is 18.8 Å². The lowest BCUT2D eigenvalue weighted by molar-refractivity contribution is 0.0687. The van der Waals surface area contributed by atoms with Crippen LogP contribution in [0.1, 0.15) is 21.8 Å². The fourth-order valence-electron chi connectivity index (χ4n) is 1.60. The highest BCUT2D eigenvalue weighted by Gasteiger charge is 2.29. The number of hydrogen-bond acceptors (Lipinski definition) is 6. The second-order valence-corrected chi connectivity index (χ2v) is 7.15. The summed E-state index contributed by atoms with van der Waals surface area (Å²) >= 11 is 0.785. The molecule has 9 heteroatoms. The minimum Gasteiger partial charge on any atom is -0.476 e. The molecule has 0 fully saturated rings. The highest BCUT2D eigenvalue weighted by Crippen LogP contribution is 2.25. The fraction of sp³-hybridized carbons (Fsp3) is 0.273. The summed E-state index contributed by atoms with van der Waals surface area (Å²) in [6.45, 7) is 1.83. The van der Waals surface area contributed by atoms with Crippen LogP contribution < -0.4 is 0 Å². The zero-order chi connectivity index (χ0) is 14.9. The molecule has 0 aliphatic heterocycles. The van der Waals surface area contributed by atoms with Crippen LogP contribution in [0.5, 0.6) is 0 Å². The average molecular weight is 316 g/mol. The lowest BCUT2D eigenvalue weighted by Crippen LogP contribution is -2.27. The van der Waals surface area contributed by atoms with E-state index in [2.05, 4.69) is 4.98 Å². The number of carboxylic acids is 1. The smallest absolute Gasteiger partial charge is 0.356 e. The summed E-state index contributed by atoms with van der Waals surface area (Å²) < 4.78 is 30.6. The molecule has 2 aromatic heterocycles. The van der Waals surface area contributed by atoms with Crippen molar-refractivity contribution in [3.8, 4) is 0 Å². The van der Waals surface area contributed by atoms with Gasteiger partial charge in [0.25, 0.3) is 10.0 Å². The zero-order valence-electron chi connectivity index (χ0n) is 10.7. The Morgan fingerprint density at radius 2 is 2.25 bits per heavy atom. The number of thiazole rings is 1. The van der Waals surface area contributed by atoms with Gasteiger partial charge in [0.1, 0.15) is 5.76 Å². The normalized spacial score (nSPS) is 11.9. The van der Waals surface area contributed by atoms with Crippen molar-refractivity contribution < 1.29 is 22.7 Å². The number of rotatable bonds is 5. The van der Waals surface area contributed by atoms with Crippen molar-refractivity contribution in [2.45, 2.75) is 17.7 Å². The molecule has 0 saturated heterocycles. The molecule has 0 bridgehead atoms. The Hall–Kier alpha value is -1.71. The van der Waals surface area contributed by atoms with Gasteiger partial charge in [0.2, 0.25) is 0 Å². The van der Waals surface area contributed by atoms with E-state index >= 15 is 0 Å². The van der Waals surface area contributed by atoms with Crippen LogP contribution in [0.15, 0.2) is 26.5 Å². The molecule has 0 aliphatic carbocycles. The standard InChI is InChI=1S/C11H12N2O5S2/c1-7-8(3-4-18-7)5-13(2)20(16,17)11-9(10(14)15)12-6-19-11/h3-4,6H,5H2,1-2H3,(H,14,15). The molecule has 0 aliphatic rings. The second-order valence-electron chi connectivity index (χ2n) is 4.06. The molecule has 7 nitrogen and oxygen atoms in total. The van der Waals surface area contributed by atoms with E-state index in [0.29, 0.717) is 5.76 Å². The first kappa shape index (κ1) is 14.7. The molecule has 0 unspecified atom stereocenters. The molecule has 2 aromatic rings. The van der Waals surface area contributed by atoms with Gasteiger partial charge in [0, 0.05) is 19.2 Å². The Balaban J connectivity index is 2.32. The fourth-order valence-corrected chi connectivity index (χ4v) is 4.08. The molecule has 0 aromatic carbocycles. The van der Waals surface area contributed by atoms with Crippen molar-refractivity contribution in [1.29, 1.82) is 0 Å². The van der Waals surface area contributed by atoms with Gasteiger partial charge < -0.3 is 9.52 Å². The molecule has 2 heterocycles. The zero-order valence-corrected chi connectivity index (χ0v) is 12.4. The number of aromatic carboxylic acids is 1. The van der Waals surface area contributed by atoms with E-state index in [9.17, 15) is 13.2 Å². The van der Waals surface area contributed by atoms with Gasteiger partial charge in [-0.2, -0.15) is 4.31 Å². The van der Waals surface area contributed by atoms with E-state index < -0.39 is 21.7 Å². The number of nitrogens with zero attached hydrogens (tertiary/aromatic N) is 2. The summed E-state index contributed by atoms with van der Waals surface area (Å²) in [7, 11) is -2.52. The number of aromatic nitrogens is 1. The Morgan fingerprint density at radius 3 is 2.80 bits per heavy atom. The van der Waals surface area contributed by atoms with E-state index in [1.54, 1.807) is 13.0 Å². The first-order valence-electron chi connectivity index (χ1n) is 5.50. The van der Waals surface area contributed by atoms with Gasteiger partial charge in [-0.25, -0.2) is 18.2 Å². The van der Waals surface area contributed by atoms with Crippen molar-refractivity contribution in [2.75, 3.05) is 7.05 Å². The topological polar surface area (TPSA) is 101 Å². The third-order valence-electron chi connectivity index (χ3n) is 2.74. The highest BCUT2D eigenvalue weighted by atomic mass is 32.2. The number of hydrogen-bond donors (Lipinski definition) is 1. The number of furan rings is 1. The van der Waals surface area contributed by atoms with Crippen LogP contribution in [-0.4, -0.2) is 35.8 Å². The summed E-state index contributed by atoms with van der Waals surface area (Å²) in [6.07, 6.45) is 1.47. The van der Waals surface area contributed by atoms with Gasteiger partial charge in [-0.15, -0.1) is 11.3 Å². The first-order chi connectivity index (χ1) is 9.34. The van der Waals surface area contributed by atoms with Crippen LogP contribution in [0.25, 0.3) is 0 Å². The number of carbonyl (C=O) groups is 1. The molecule has 20 heavy (non-hydrogen) atoms. The average Bonchev–Trinajstić information content (AvgIpc) is 2.99.